The van der Waals surface area contributed by atoms with Gasteiger partial charge in [-0.2, -0.15) is 0 Å². The van der Waals surface area contributed by atoms with Crippen molar-refractivity contribution in [2.24, 2.45) is 0 Å². The van der Waals surface area contributed by atoms with Crippen molar-refractivity contribution in [3.8, 4) is 5.69 Å². The normalized spacial score (nSPS) is 11.6. The molecule has 2 nitrogen and oxygen atoms in total. The van der Waals surface area contributed by atoms with Crippen molar-refractivity contribution in [3.05, 3.63) is 231 Å². The van der Waals surface area contributed by atoms with E-state index >= 15 is 0 Å². The van der Waals surface area contributed by atoms with Gasteiger partial charge in [-0.1, -0.05) is 18.2 Å². The smallest absolute Gasteiger partial charge is 0.0602 e. The number of benzene rings is 9. The van der Waals surface area contributed by atoms with Gasteiger partial charge in [0.15, 0.2) is 0 Å². The molecule has 0 aliphatic rings. The van der Waals surface area contributed by atoms with E-state index in [-0.39, 0.29) is 0 Å². The Balaban J connectivity index is 1.20. The van der Waals surface area contributed by atoms with E-state index in [9.17, 15) is 0 Å². The summed E-state index contributed by atoms with van der Waals surface area (Å²) in [6.07, 6.45) is 0. The summed E-state index contributed by atoms with van der Waals surface area (Å²) in [5.74, 6) is 0. The van der Waals surface area contributed by atoms with E-state index in [4.69, 9.17) is 0 Å². The Morgan fingerprint density at radius 2 is 0.800 bits per heavy atom. The Hall–Kier alpha value is -6.62. The number of para-hydroxylation sites is 2. The summed E-state index contributed by atoms with van der Waals surface area (Å²) in [6.45, 7) is 0. The van der Waals surface area contributed by atoms with E-state index in [2.05, 4.69) is 240 Å². The third-order valence-electron chi connectivity index (χ3n) is 11.1. The van der Waals surface area contributed by atoms with Crippen LogP contribution in [0.2, 0.25) is 0 Å². The molecule has 0 amide bonds. The number of aromatic nitrogens is 1. The molecule has 0 N–H and O–H groups in total. The second-order valence-corrected chi connectivity index (χ2v) is 22.1. The topological polar surface area (TPSA) is 8.17 Å². The molecule has 0 fully saturated rings. The molecule has 0 unspecified atom stereocenters. The van der Waals surface area contributed by atoms with Gasteiger partial charge in [0, 0.05) is 0 Å². The number of hydrogen-bond acceptors (Lipinski definition) is 1. The van der Waals surface area contributed by atoms with Crippen LogP contribution >= 0.6 is 0 Å². The summed E-state index contributed by atoms with van der Waals surface area (Å²) < 4.78 is 8.02. The van der Waals surface area contributed by atoms with E-state index in [0.29, 0.717) is 0 Å². The third kappa shape index (κ3) is 5.57. The number of anilines is 3. The Bertz CT molecular complexity index is 2800. The first kappa shape index (κ1) is 33.0. The molecule has 0 aliphatic carbocycles. The van der Waals surface area contributed by atoms with Gasteiger partial charge >= 0.3 is 308 Å². The monoisotopic (exact) mass is 764 g/mol. The third-order valence-corrected chi connectivity index (χ3v) is 21.2. The fourth-order valence-electron chi connectivity index (χ4n) is 8.71. The molecule has 10 aromatic rings. The molecule has 0 aliphatic heterocycles. The van der Waals surface area contributed by atoms with Crippen LogP contribution in [-0.4, -0.2) is 17.8 Å². The van der Waals surface area contributed by atoms with Crippen LogP contribution in [-0.2, 0) is 0 Å². The average Bonchev–Trinajstić information content (AvgIpc) is 3.60. The number of hydrogen-bond donors (Lipinski definition) is 0. The zero-order valence-electron chi connectivity index (χ0n) is 30.3. The second-order valence-electron chi connectivity index (χ2n) is 14.1. The van der Waals surface area contributed by atoms with Crippen LogP contribution in [0.5, 0.6) is 0 Å². The van der Waals surface area contributed by atoms with Crippen LogP contribution in [0.15, 0.2) is 231 Å². The van der Waals surface area contributed by atoms with Gasteiger partial charge in [-0.15, -0.1) is 0 Å². The van der Waals surface area contributed by atoms with Crippen molar-refractivity contribution < 1.29 is 0 Å². The van der Waals surface area contributed by atoms with Crippen molar-refractivity contribution in [1.29, 1.82) is 0 Å². The molecule has 1 heterocycles. The molecule has 1 aromatic heterocycles. The van der Waals surface area contributed by atoms with E-state index in [1.807, 2.05) is 0 Å². The predicted octanol–water partition coefficient (Wildman–Crippen LogP) is 10.8. The van der Waals surface area contributed by atoms with Crippen molar-refractivity contribution in [2.75, 3.05) is 4.90 Å². The average molecular weight is 764 g/mol. The van der Waals surface area contributed by atoms with E-state index in [0.717, 1.165) is 22.7 Å². The molecule has 260 valence electrons. The Morgan fingerprint density at radius 3 is 1.44 bits per heavy atom. The van der Waals surface area contributed by atoms with Crippen LogP contribution < -0.4 is 22.5 Å². The van der Waals surface area contributed by atoms with Gasteiger partial charge in [0.1, 0.15) is 0 Å². The van der Waals surface area contributed by atoms with Gasteiger partial charge in [-0.25, -0.2) is 0 Å². The SMILES string of the molecule is c1ccc(-n2c3ccccc3c3cc(N(c4cc[c]([Ge]([c]5ccccc5)([c]5ccccc5)[c]5ccccc5)cc4)c4cccc5ccccc45)ccc32)cc1. The molecule has 10 rings (SSSR count). The maximum absolute atomic E-state index is 3.43. The van der Waals surface area contributed by atoms with Crippen LogP contribution in [0.3, 0.4) is 0 Å². The second kappa shape index (κ2) is 14.0. The van der Waals surface area contributed by atoms with Crippen LogP contribution in [0.4, 0.5) is 17.1 Å². The van der Waals surface area contributed by atoms with Crippen LogP contribution in [0.1, 0.15) is 0 Å². The summed E-state index contributed by atoms with van der Waals surface area (Å²) in [5, 5.41) is 4.90. The minimum absolute atomic E-state index is 1.12. The summed E-state index contributed by atoms with van der Waals surface area (Å²) >= 11 is -3.43. The molecule has 9 aromatic carbocycles. The number of fused-ring (bicyclic) bond motifs is 4. The fourth-order valence-corrected chi connectivity index (χ4v) is 18.7. The molecule has 0 saturated carbocycles. The first-order chi connectivity index (χ1) is 27.3. The van der Waals surface area contributed by atoms with Crippen molar-refractivity contribution >= 4 is 80.5 Å². The van der Waals surface area contributed by atoms with Gasteiger partial charge in [-0.05, 0) is 0 Å². The fraction of sp³-hybridized carbons (Fsp3) is 0. The molecular weight excluding hydrogens is 725 g/mol. The minimum atomic E-state index is -3.43. The van der Waals surface area contributed by atoms with Gasteiger partial charge in [0.2, 0.25) is 0 Å². The maximum atomic E-state index is 2.45. The molecule has 3 heteroatoms. The summed E-state index contributed by atoms with van der Waals surface area (Å²) in [5.41, 5.74) is 6.95. The zero-order valence-corrected chi connectivity index (χ0v) is 32.4. The Morgan fingerprint density at radius 1 is 0.327 bits per heavy atom. The van der Waals surface area contributed by atoms with Crippen LogP contribution in [0.25, 0.3) is 38.3 Å². The summed E-state index contributed by atoms with van der Waals surface area (Å²) in [7, 11) is 0. The Labute approximate surface area is 324 Å². The number of rotatable bonds is 8. The summed E-state index contributed by atoms with van der Waals surface area (Å²) in [4.78, 5) is 2.45. The summed E-state index contributed by atoms with van der Waals surface area (Å²) in [6, 6.07) is 85.0. The first-order valence-electron chi connectivity index (χ1n) is 18.9. The van der Waals surface area contributed by atoms with Gasteiger partial charge < -0.3 is 0 Å². The molecule has 0 bridgehead atoms. The zero-order chi connectivity index (χ0) is 36.6. The Kier molecular flexibility index (Phi) is 8.39. The van der Waals surface area contributed by atoms with Gasteiger partial charge in [-0.3, -0.25) is 0 Å². The van der Waals surface area contributed by atoms with Gasteiger partial charge in [0.25, 0.3) is 0 Å². The van der Waals surface area contributed by atoms with Gasteiger partial charge in [0.05, 0.1) is 0 Å². The quantitative estimate of drug-likeness (QED) is 0.140. The van der Waals surface area contributed by atoms with E-state index in [1.165, 1.54) is 50.2 Å². The molecule has 0 atom stereocenters. The van der Waals surface area contributed by atoms with Crippen molar-refractivity contribution in [3.63, 3.8) is 0 Å². The first-order valence-corrected chi connectivity index (χ1v) is 23.1. The molecular formula is C52H38GeN2. The molecule has 55 heavy (non-hydrogen) atoms. The standard InChI is InChI=1S/C52H38GeN2/c1-5-20-40(21-6-1)53(41-22-7-2-8-23-41,42-24-9-3-10-25-42)43-32-34-45(35-33-43)54(50-31-17-19-39-18-13-14-28-47(39)50)46-36-37-52-49(38-46)48-29-15-16-30-51(48)55(52)44-26-11-4-12-27-44/h1-38H. The predicted molar refractivity (Wildman–Crippen MR) is 237 cm³/mol. The molecule has 0 radical (unpaired) electrons. The molecule has 0 spiro atoms. The van der Waals surface area contributed by atoms with Crippen molar-refractivity contribution in [2.45, 2.75) is 0 Å². The van der Waals surface area contributed by atoms with E-state index in [1.54, 1.807) is 0 Å². The number of nitrogens with zero attached hydrogens (tertiary/aromatic N) is 2. The van der Waals surface area contributed by atoms with Crippen molar-refractivity contribution in [1.82, 2.24) is 4.57 Å². The van der Waals surface area contributed by atoms with E-state index < -0.39 is 13.3 Å². The minimum Gasteiger partial charge on any atom is -0.0602 e. The van der Waals surface area contributed by atoms with Crippen LogP contribution in [0, 0.1) is 0 Å². The molecule has 0 saturated heterocycles.